The van der Waals surface area contributed by atoms with Crippen LogP contribution in [0.4, 0.5) is 0 Å². The van der Waals surface area contributed by atoms with Crippen LogP contribution in [0, 0.1) is 6.92 Å². The maximum atomic E-state index is 4.33. The monoisotopic (exact) mass is 211 g/mol. The summed E-state index contributed by atoms with van der Waals surface area (Å²) in [6.45, 7) is 3.23. The largest absolute Gasteiger partial charge is 0.313 e. The van der Waals surface area contributed by atoms with E-state index in [1.807, 2.05) is 30.4 Å². The first-order valence-electron chi connectivity index (χ1n) is 5.12. The number of aryl methyl sites for hydroxylation is 2. The molecule has 0 bridgehead atoms. The quantitative estimate of drug-likeness (QED) is 0.770. The Bertz CT molecular complexity index is 302. The van der Waals surface area contributed by atoms with Crippen molar-refractivity contribution in [2.24, 2.45) is 7.05 Å². The van der Waals surface area contributed by atoms with E-state index in [1.54, 1.807) is 0 Å². The number of hydrogen-bond acceptors (Lipinski definition) is 3. The third kappa shape index (κ3) is 2.30. The zero-order valence-corrected chi connectivity index (χ0v) is 9.60. The lowest BCUT2D eigenvalue weighted by atomic mass is 10.3. The maximum absolute atomic E-state index is 4.33. The van der Waals surface area contributed by atoms with Crippen molar-refractivity contribution in [3.8, 4) is 0 Å². The number of hydrogen-bond donors (Lipinski definition) is 1. The summed E-state index contributed by atoms with van der Waals surface area (Å²) in [5, 5.41) is 9.11. The molecule has 14 heavy (non-hydrogen) atoms. The van der Waals surface area contributed by atoms with E-state index in [0.717, 1.165) is 5.69 Å². The van der Waals surface area contributed by atoms with Crippen LogP contribution in [0.5, 0.6) is 0 Å². The minimum atomic E-state index is 0.704. The molecule has 1 saturated heterocycles. The van der Waals surface area contributed by atoms with E-state index in [1.165, 1.54) is 30.2 Å². The lowest BCUT2D eigenvalue weighted by molar-refractivity contribution is 0.666. The highest BCUT2D eigenvalue weighted by molar-refractivity contribution is 7.99. The van der Waals surface area contributed by atoms with Crippen LogP contribution in [-0.2, 0) is 7.05 Å². The number of thioether (sulfide) groups is 1. The van der Waals surface area contributed by atoms with Crippen LogP contribution in [0.2, 0.25) is 0 Å². The Morgan fingerprint density at radius 3 is 3.14 bits per heavy atom. The van der Waals surface area contributed by atoms with Gasteiger partial charge in [-0.05, 0) is 32.4 Å². The van der Waals surface area contributed by atoms with Gasteiger partial charge in [0, 0.05) is 18.8 Å². The topological polar surface area (TPSA) is 29.9 Å². The zero-order chi connectivity index (χ0) is 9.97. The molecule has 2 heterocycles. The molecule has 1 aromatic heterocycles. The standard InChI is InChI=1S/C10H17N3S/c1-8-6-10(13(2)12-8)14-7-9-4-3-5-11-9/h6,9,11H,3-5,7H2,1-2H3. The van der Waals surface area contributed by atoms with Gasteiger partial charge in [-0.1, -0.05) is 0 Å². The zero-order valence-electron chi connectivity index (χ0n) is 8.79. The van der Waals surface area contributed by atoms with E-state index in [0.29, 0.717) is 6.04 Å². The Balaban J connectivity index is 1.87. The van der Waals surface area contributed by atoms with Crippen molar-refractivity contribution in [2.75, 3.05) is 12.3 Å². The molecular formula is C10H17N3S. The summed E-state index contributed by atoms with van der Waals surface area (Å²) < 4.78 is 1.97. The van der Waals surface area contributed by atoms with Gasteiger partial charge in [-0.25, -0.2) is 0 Å². The van der Waals surface area contributed by atoms with Crippen LogP contribution in [0.15, 0.2) is 11.1 Å². The Morgan fingerprint density at radius 2 is 2.57 bits per heavy atom. The molecule has 0 amide bonds. The van der Waals surface area contributed by atoms with Crippen molar-refractivity contribution in [1.29, 1.82) is 0 Å². The van der Waals surface area contributed by atoms with Crippen LogP contribution < -0.4 is 5.32 Å². The summed E-state index contributed by atoms with van der Waals surface area (Å²) >= 11 is 1.90. The molecule has 1 aliphatic rings. The third-order valence-corrected chi connectivity index (χ3v) is 3.80. The van der Waals surface area contributed by atoms with Crippen LogP contribution in [-0.4, -0.2) is 28.1 Å². The predicted octanol–water partition coefficient (Wildman–Crippen LogP) is 1.57. The Hall–Kier alpha value is -0.480. The molecule has 1 N–H and O–H groups in total. The molecule has 4 heteroatoms. The maximum Gasteiger partial charge on any atom is 0.0939 e. The number of nitrogens with one attached hydrogen (secondary N) is 1. The molecule has 1 aromatic rings. The highest BCUT2D eigenvalue weighted by Crippen LogP contribution is 2.21. The van der Waals surface area contributed by atoms with Gasteiger partial charge in [0.15, 0.2) is 0 Å². The number of nitrogens with zero attached hydrogens (tertiary/aromatic N) is 2. The second-order valence-corrected chi connectivity index (χ2v) is 4.89. The van der Waals surface area contributed by atoms with Crippen molar-refractivity contribution in [2.45, 2.75) is 30.8 Å². The molecule has 1 atom stereocenters. The molecule has 1 fully saturated rings. The van der Waals surface area contributed by atoms with Crippen LogP contribution in [0.1, 0.15) is 18.5 Å². The Kier molecular flexibility index (Phi) is 3.13. The molecule has 0 saturated carbocycles. The van der Waals surface area contributed by atoms with Crippen molar-refractivity contribution < 1.29 is 0 Å². The van der Waals surface area contributed by atoms with E-state index >= 15 is 0 Å². The van der Waals surface area contributed by atoms with Gasteiger partial charge in [0.25, 0.3) is 0 Å². The fourth-order valence-corrected chi connectivity index (χ4v) is 2.94. The van der Waals surface area contributed by atoms with Gasteiger partial charge in [0.05, 0.1) is 10.7 Å². The van der Waals surface area contributed by atoms with Crippen LogP contribution in [0.25, 0.3) is 0 Å². The minimum absolute atomic E-state index is 0.704. The average molecular weight is 211 g/mol. The van der Waals surface area contributed by atoms with Gasteiger partial charge in [-0.2, -0.15) is 5.10 Å². The van der Waals surface area contributed by atoms with Crippen molar-refractivity contribution in [3.05, 3.63) is 11.8 Å². The summed E-state index contributed by atoms with van der Waals surface area (Å²) in [4.78, 5) is 0. The molecule has 0 spiro atoms. The molecule has 0 radical (unpaired) electrons. The van der Waals surface area contributed by atoms with Gasteiger partial charge in [-0.15, -0.1) is 11.8 Å². The summed E-state index contributed by atoms with van der Waals surface area (Å²) in [5.74, 6) is 1.17. The van der Waals surface area contributed by atoms with Gasteiger partial charge >= 0.3 is 0 Å². The van der Waals surface area contributed by atoms with Gasteiger partial charge < -0.3 is 5.32 Å². The Morgan fingerprint density at radius 1 is 1.71 bits per heavy atom. The molecule has 0 aromatic carbocycles. The van der Waals surface area contributed by atoms with Gasteiger partial charge in [-0.3, -0.25) is 4.68 Å². The van der Waals surface area contributed by atoms with Gasteiger partial charge in [0.1, 0.15) is 0 Å². The first-order valence-corrected chi connectivity index (χ1v) is 6.11. The molecule has 78 valence electrons. The highest BCUT2D eigenvalue weighted by Gasteiger charge is 2.14. The van der Waals surface area contributed by atoms with Crippen molar-refractivity contribution >= 4 is 11.8 Å². The second kappa shape index (κ2) is 4.36. The smallest absolute Gasteiger partial charge is 0.0939 e. The molecule has 2 rings (SSSR count). The first kappa shape index (κ1) is 10.1. The van der Waals surface area contributed by atoms with E-state index in [-0.39, 0.29) is 0 Å². The third-order valence-electron chi connectivity index (χ3n) is 2.55. The molecular weight excluding hydrogens is 194 g/mol. The fraction of sp³-hybridized carbons (Fsp3) is 0.700. The Labute approximate surface area is 89.3 Å². The van der Waals surface area contributed by atoms with E-state index in [9.17, 15) is 0 Å². The SMILES string of the molecule is Cc1cc(SCC2CCCN2)n(C)n1. The van der Waals surface area contributed by atoms with Crippen LogP contribution >= 0.6 is 11.8 Å². The molecule has 1 unspecified atom stereocenters. The summed E-state index contributed by atoms with van der Waals surface area (Å²) in [7, 11) is 2.01. The normalized spacial score (nSPS) is 21.7. The number of rotatable bonds is 3. The molecule has 1 aliphatic heterocycles. The van der Waals surface area contributed by atoms with E-state index < -0.39 is 0 Å². The highest BCUT2D eigenvalue weighted by atomic mass is 32.2. The first-order chi connectivity index (χ1) is 6.75. The fourth-order valence-electron chi connectivity index (χ4n) is 1.81. The summed E-state index contributed by atoms with van der Waals surface area (Å²) in [6.07, 6.45) is 2.65. The van der Waals surface area contributed by atoms with Gasteiger partial charge in [0.2, 0.25) is 0 Å². The lowest BCUT2D eigenvalue weighted by Gasteiger charge is -2.08. The average Bonchev–Trinajstić information content (AvgIpc) is 2.72. The lowest BCUT2D eigenvalue weighted by Crippen LogP contribution is -2.23. The predicted molar refractivity (Wildman–Crippen MR) is 59.7 cm³/mol. The number of aromatic nitrogens is 2. The van der Waals surface area contributed by atoms with Crippen LogP contribution in [0.3, 0.4) is 0 Å². The van der Waals surface area contributed by atoms with E-state index in [2.05, 4.69) is 16.5 Å². The summed E-state index contributed by atoms with van der Waals surface area (Å²) in [5.41, 5.74) is 1.11. The minimum Gasteiger partial charge on any atom is -0.313 e. The summed E-state index contributed by atoms with van der Waals surface area (Å²) in [6, 6.07) is 2.86. The molecule has 0 aliphatic carbocycles. The van der Waals surface area contributed by atoms with E-state index in [4.69, 9.17) is 0 Å². The molecule has 3 nitrogen and oxygen atoms in total. The van der Waals surface area contributed by atoms with Crippen molar-refractivity contribution in [3.63, 3.8) is 0 Å². The van der Waals surface area contributed by atoms with Crippen molar-refractivity contribution in [1.82, 2.24) is 15.1 Å². The second-order valence-electron chi connectivity index (χ2n) is 3.85.